The normalized spacial score (nSPS) is 11.9. The summed E-state index contributed by atoms with van der Waals surface area (Å²) in [6.45, 7) is 5.39. The van der Waals surface area contributed by atoms with Gasteiger partial charge >= 0.3 is 12.1 Å². The molecule has 2 aromatic carbocycles. The summed E-state index contributed by atoms with van der Waals surface area (Å²) in [4.78, 5) is 25.8. The Labute approximate surface area is 158 Å². The quantitative estimate of drug-likeness (QED) is 0.785. The maximum atomic E-state index is 12.6. The van der Waals surface area contributed by atoms with Crippen molar-refractivity contribution in [2.24, 2.45) is 0 Å². The Hall–Kier alpha value is -2.53. The van der Waals surface area contributed by atoms with Crippen molar-refractivity contribution in [2.45, 2.75) is 39.5 Å². The first-order valence-electron chi connectivity index (χ1n) is 8.29. The maximum Gasteiger partial charge on any atom is 0.411 e. The molecule has 6 heteroatoms. The summed E-state index contributed by atoms with van der Waals surface area (Å²) < 4.78 is 5.35. The highest BCUT2D eigenvalue weighted by Crippen LogP contribution is 2.28. The van der Waals surface area contributed by atoms with Crippen LogP contribution in [-0.4, -0.2) is 28.1 Å². The fourth-order valence-electron chi connectivity index (χ4n) is 2.61. The smallest absolute Gasteiger partial charge is 0.411 e. The largest absolute Gasteiger partial charge is 0.479 e. The van der Waals surface area contributed by atoms with Gasteiger partial charge in [0.1, 0.15) is 6.61 Å². The van der Waals surface area contributed by atoms with Gasteiger partial charge in [-0.15, -0.1) is 0 Å². The predicted octanol–water partition coefficient (Wildman–Crippen LogP) is 4.82. The van der Waals surface area contributed by atoms with Crippen LogP contribution in [0.15, 0.2) is 48.5 Å². The maximum absolute atomic E-state index is 12.6. The van der Waals surface area contributed by atoms with Crippen molar-refractivity contribution in [3.8, 4) is 0 Å². The number of hydrogen-bond donors (Lipinski definition) is 1. The Balaban J connectivity index is 2.27. The summed E-state index contributed by atoms with van der Waals surface area (Å²) in [7, 11) is 0. The zero-order valence-electron chi connectivity index (χ0n) is 15.0. The summed E-state index contributed by atoms with van der Waals surface area (Å²) in [5.74, 6) is -1.14. The number of ether oxygens (including phenoxy) is 1. The molecule has 0 aromatic heterocycles. The first-order valence-corrected chi connectivity index (χ1v) is 8.67. The zero-order chi connectivity index (χ0) is 19.3. The van der Waals surface area contributed by atoms with E-state index in [9.17, 15) is 14.7 Å². The van der Waals surface area contributed by atoms with Gasteiger partial charge in [-0.05, 0) is 43.5 Å². The molecule has 0 saturated heterocycles. The van der Waals surface area contributed by atoms with Crippen molar-refractivity contribution in [3.63, 3.8) is 0 Å². The van der Waals surface area contributed by atoms with Crippen molar-refractivity contribution in [2.75, 3.05) is 0 Å². The molecule has 0 aliphatic rings. The number of aliphatic carboxylic acids is 1. The van der Waals surface area contributed by atoms with Crippen molar-refractivity contribution >= 4 is 23.7 Å². The molecule has 1 N–H and O–H groups in total. The molecule has 0 fully saturated rings. The summed E-state index contributed by atoms with van der Waals surface area (Å²) in [5.41, 5.74) is 2.09. The van der Waals surface area contributed by atoms with E-state index in [1.807, 2.05) is 37.3 Å². The first kappa shape index (κ1) is 19.8. The number of benzene rings is 2. The van der Waals surface area contributed by atoms with Crippen molar-refractivity contribution in [1.82, 2.24) is 4.90 Å². The van der Waals surface area contributed by atoms with Gasteiger partial charge < -0.3 is 9.84 Å². The number of amides is 1. The molecule has 0 radical (unpaired) electrons. The minimum Gasteiger partial charge on any atom is -0.479 e. The van der Waals surface area contributed by atoms with E-state index >= 15 is 0 Å². The van der Waals surface area contributed by atoms with Crippen LogP contribution in [0.1, 0.15) is 36.6 Å². The van der Waals surface area contributed by atoms with Gasteiger partial charge in [-0.1, -0.05) is 54.1 Å². The lowest BCUT2D eigenvalue weighted by Gasteiger charge is -2.32. The number of rotatable bonds is 6. The Kier molecular flexibility index (Phi) is 6.64. The summed E-state index contributed by atoms with van der Waals surface area (Å²) in [5, 5.41) is 10.2. The second-order valence-corrected chi connectivity index (χ2v) is 6.70. The fourth-order valence-corrected chi connectivity index (χ4v) is 2.80. The molecule has 2 aromatic rings. The molecule has 2 rings (SSSR count). The highest BCUT2D eigenvalue weighted by atomic mass is 35.5. The van der Waals surface area contributed by atoms with Gasteiger partial charge in [-0.2, -0.15) is 0 Å². The van der Waals surface area contributed by atoms with Crippen LogP contribution in [0, 0.1) is 6.92 Å². The summed E-state index contributed by atoms with van der Waals surface area (Å²) in [6.07, 6.45) is -0.687. The van der Waals surface area contributed by atoms with Crippen molar-refractivity contribution in [1.29, 1.82) is 0 Å². The average Bonchev–Trinajstić information content (AvgIpc) is 2.60. The van der Waals surface area contributed by atoms with Crippen molar-refractivity contribution < 1.29 is 19.4 Å². The molecule has 138 valence electrons. The monoisotopic (exact) mass is 375 g/mol. The van der Waals surface area contributed by atoms with Gasteiger partial charge in [-0.25, -0.2) is 9.59 Å². The van der Waals surface area contributed by atoms with Crippen molar-refractivity contribution in [3.05, 3.63) is 70.2 Å². The third kappa shape index (κ3) is 4.76. The minimum atomic E-state index is -1.18. The topological polar surface area (TPSA) is 66.8 Å². The van der Waals surface area contributed by atoms with Gasteiger partial charge in [0.2, 0.25) is 0 Å². The van der Waals surface area contributed by atoms with Gasteiger partial charge in [0.05, 0.1) is 0 Å². The molecule has 0 heterocycles. The van der Waals surface area contributed by atoms with E-state index in [2.05, 4.69) is 0 Å². The molecular formula is C20H22ClNO4. The molecule has 1 unspecified atom stereocenters. The van der Waals surface area contributed by atoms with Crippen LogP contribution in [0.3, 0.4) is 0 Å². The van der Waals surface area contributed by atoms with Gasteiger partial charge in [-0.3, -0.25) is 4.90 Å². The highest BCUT2D eigenvalue weighted by molar-refractivity contribution is 6.31. The molecule has 0 aliphatic carbocycles. The van der Waals surface area contributed by atoms with Crippen LogP contribution in [0.2, 0.25) is 5.02 Å². The highest BCUT2D eigenvalue weighted by Gasteiger charge is 2.34. The molecule has 1 amide bonds. The molecule has 0 spiro atoms. The van der Waals surface area contributed by atoms with E-state index in [1.54, 1.807) is 32.0 Å². The average molecular weight is 376 g/mol. The Morgan fingerprint density at radius 2 is 1.81 bits per heavy atom. The molecule has 26 heavy (non-hydrogen) atoms. The molecule has 0 bridgehead atoms. The van der Waals surface area contributed by atoms with Crippen LogP contribution in [-0.2, 0) is 16.1 Å². The number of halogens is 1. The minimum absolute atomic E-state index is 0.0733. The molecule has 0 aliphatic heterocycles. The third-order valence-electron chi connectivity index (χ3n) is 4.00. The van der Waals surface area contributed by atoms with E-state index in [0.29, 0.717) is 10.6 Å². The third-order valence-corrected chi connectivity index (χ3v) is 4.40. The molecular weight excluding hydrogens is 354 g/mol. The number of carboxylic acid groups (broad SMARTS) is 1. The standard InChI is InChI=1S/C20H22ClNO4/c1-13(2)22(20(25)26-12-15-7-5-4-6-8-15)18(19(23)24)16-10-9-14(3)17(21)11-16/h4-11,13,18H,12H2,1-3H3,(H,23,24). The van der Waals surface area contributed by atoms with Crippen LogP contribution >= 0.6 is 11.6 Å². The number of carboxylic acids is 1. The number of hydrogen-bond acceptors (Lipinski definition) is 3. The van der Waals surface area contributed by atoms with Gasteiger partial charge in [0.25, 0.3) is 0 Å². The molecule has 0 saturated carbocycles. The van der Waals surface area contributed by atoms with E-state index in [-0.39, 0.29) is 12.6 Å². The van der Waals surface area contributed by atoms with E-state index in [1.165, 1.54) is 4.90 Å². The lowest BCUT2D eigenvalue weighted by Crippen LogP contribution is -2.43. The van der Waals surface area contributed by atoms with E-state index in [4.69, 9.17) is 16.3 Å². The van der Waals surface area contributed by atoms with Crippen LogP contribution < -0.4 is 0 Å². The van der Waals surface area contributed by atoms with Gasteiger partial charge in [0, 0.05) is 11.1 Å². The summed E-state index contributed by atoms with van der Waals surface area (Å²) >= 11 is 6.14. The number of aryl methyl sites for hydroxylation is 1. The Bertz CT molecular complexity index is 777. The number of carbonyl (C=O) groups is 2. The predicted molar refractivity (Wildman–Crippen MR) is 100 cm³/mol. The molecule has 5 nitrogen and oxygen atoms in total. The van der Waals surface area contributed by atoms with E-state index in [0.717, 1.165) is 11.1 Å². The number of nitrogens with zero attached hydrogens (tertiary/aromatic N) is 1. The zero-order valence-corrected chi connectivity index (χ0v) is 15.7. The number of carbonyl (C=O) groups excluding carboxylic acids is 1. The fraction of sp³-hybridized carbons (Fsp3) is 0.300. The van der Waals surface area contributed by atoms with Crippen LogP contribution in [0.5, 0.6) is 0 Å². The van der Waals surface area contributed by atoms with Gasteiger partial charge in [0.15, 0.2) is 6.04 Å². The van der Waals surface area contributed by atoms with Crippen LogP contribution in [0.4, 0.5) is 4.79 Å². The first-order chi connectivity index (χ1) is 12.3. The Morgan fingerprint density at radius 3 is 2.35 bits per heavy atom. The SMILES string of the molecule is Cc1ccc(C(C(=O)O)N(C(=O)OCc2ccccc2)C(C)C)cc1Cl. The Morgan fingerprint density at radius 1 is 1.15 bits per heavy atom. The lowest BCUT2D eigenvalue weighted by molar-refractivity contribution is -0.143. The van der Waals surface area contributed by atoms with E-state index < -0.39 is 18.1 Å². The second kappa shape index (κ2) is 8.72. The lowest BCUT2D eigenvalue weighted by atomic mass is 10.0. The van der Waals surface area contributed by atoms with Crippen LogP contribution in [0.25, 0.3) is 0 Å². The summed E-state index contributed by atoms with van der Waals surface area (Å²) in [6, 6.07) is 12.7. The second-order valence-electron chi connectivity index (χ2n) is 6.29. The molecule has 1 atom stereocenters.